The number of hydrogen-bond acceptors (Lipinski definition) is 2. The van der Waals surface area contributed by atoms with Gasteiger partial charge in [0.15, 0.2) is 6.04 Å². The summed E-state index contributed by atoms with van der Waals surface area (Å²) in [5, 5.41) is 0. The quantitative estimate of drug-likeness (QED) is 0.562. The van der Waals surface area contributed by atoms with Gasteiger partial charge in [0.1, 0.15) is 0 Å². The van der Waals surface area contributed by atoms with Crippen molar-refractivity contribution in [2.24, 2.45) is 0 Å². The summed E-state index contributed by atoms with van der Waals surface area (Å²) in [6.07, 6.45) is 0. The lowest BCUT2D eigenvalue weighted by Gasteiger charge is -2.12. The van der Waals surface area contributed by atoms with Gasteiger partial charge in [0.05, 0.1) is 0 Å². The molecule has 0 spiro atoms. The van der Waals surface area contributed by atoms with Gasteiger partial charge in [0.2, 0.25) is 0 Å². The van der Waals surface area contributed by atoms with Crippen molar-refractivity contribution in [3.63, 3.8) is 0 Å². The second kappa shape index (κ2) is 3.72. The van der Waals surface area contributed by atoms with Gasteiger partial charge in [0.25, 0.3) is 5.91 Å². The van der Waals surface area contributed by atoms with E-state index >= 15 is 0 Å². The molecule has 1 aromatic rings. The molecule has 1 heterocycles. The van der Waals surface area contributed by atoms with Crippen molar-refractivity contribution in [1.82, 2.24) is 8.84 Å². The summed E-state index contributed by atoms with van der Waals surface area (Å²) in [6, 6.07) is 7.18. The number of imide groups is 1. The summed E-state index contributed by atoms with van der Waals surface area (Å²) < 4.78 is 1.29. The van der Waals surface area contributed by atoms with E-state index in [1.165, 1.54) is 0 Å². The number of halogens is 2. The second-order valence-electron chi connectivity index (χ2n) is 3.03. The molecule has 78 valence electrons. The van der Waals surface area contributed by atoms with E-state index in [0.717, 1.165) is 4.42 Å². The largest absolute Gasteiger partial charge is 0.357 e. The molecule has 15 heavy (non-hydrogen) atoms. The average Bonchev–Trinajstić information content (AvgIpc) is 2.45. The molecule has 3 amide bonds. The molecule has 0 unspecified atom stereocenters. The predicted molar refractivity (Wildman–Crippen MR) is 55.0 cm³/mol. The number of carbonyl (C=O) groups is 2. The van der Waals surface area contributed by atoms with Crippen molar-refractivity contribution < 1.29 is 9.59 Å². The number of rotatable bonds is 1. The molecule has 1 atom stereocenters. The van der Waals surface area contributed by atoms with E-state index in [4.69, 9.17) is 23.6 Å². The van der Waals surface area contributed by atoms with Crippen LogP contribution in [0.25, 0.3) is 0 Å². The van der Waals surface area contributed by atoms with Crippen LogP contribution in [0.5, 0.6) is 0 Å². The molecule has 1 aliphatic heterocycles. The fourth-order valence-electron chi connectivity index (χ4n) is 1.40. The molecule has 0 bridgehead atoms. The number of urea groups is 1. The first kappa shape index (κ1) is 10.3. The average molecular weight is 245 g/mol. The Morgan fingerprint density at radius 3 is 2.13 bits per heavy atom. The Bertz CT molecular complexity index is 410. The summed E-state index contributed by atoms with van der Waals surface area (Å²) in [5.74, 6) is -0.539. The standard InChI is InChI=1S/C9H6Cl2N2O2/c10-12-7(6-4-2-1-3-5-6)8(14)13(11)9(12)15/h1-5,7H/t7-/m0/s1. The molecule has 0 saturated carbocycles. The second-order valence-corrected chi connectivity index (χ2v) is 3.73. The zero-order chi connectivity index (χ0) is 11.0. The van der Waals surface area contributed by atoms with E-state index in [-0.39, 0.29) is 0 Å². The van der Waals surface area contributed by atoms with Crippen molar-refractivity contribution in [1.29, 1.82) is 0 Å². The van der Waals surface area contributed by atoms with Crippen LogP contribution in [-0.2, 0) is 4.79 Å². The summed E-state index contributed by atoms with van der Waals surface area (Å²) in [7, 11) is 0. The van der Waals surface area contributed by atoms with Gasteiger partial charge in [-0.15, -0.1) is 0 Å². The number of hydrogen-bond donors (Lipinski definition) is 0. The van der Waals surface area contributed by atoms with E-state index in [2.05, 4.69) is 0 Å². The lowest BCUT2D eigenvalue weighted by molar-refractivity contribution is -0.124. The van der Waals surface area contributed by atoms with Crippen LogP contribution < -0.4 is 0 Å². The minimum atomic E-state index is -0.835. The molecule has 0 N–H and O–H groups in total. The van der Waals surface area contributed by atoms with Gasteiger partial charge in [-0.2, -0.15) is 4.42 Å². The van der Waals surface area contributed by atoms with Crippen LogP contribution in [0.3, 0.4) is 0 Å². The molecule has 1 aromatic carbocycles. The van der Waals surface area contributed by atoms with E-state index in [0.29, 0.717) is 9.98 Å². The first-order valence-electron chi connectivity index (χ1n) is 4.16. The van der Waals surface area contributed by atoms with Gasteiger partial charge in [0, 0.05) is 23.6 Å². The highest BCUT2D eigenvalue weighted by atomic mass is 35.5. The number of carbonyl (C=O) groups excluding carboxylic acids is 2. The first-order chi connectivity index (χ1) is 7.13. The van der Waals surface area contributed by atoms with Gasteiger partial charge in [-0.3, -0.25) is 4.79 Å². The Morgan fingerprint density at radius 2 is 1.67 bits per heavy atom. The number of nitrogens with zero attached hydrogens (tertiary/aromatic N) is 2. The third kappa shape index (κ3) is 1.56. The van der Waals surface area contributed by atoms with Gasteiger partial charge >= 0.3 is 6.03 Å². The third-order valence-corrected chi connectivity index (χ3v) is 2.77. The first-order valence-corrected chi connectivity index (χ1v) is 4.84. The molecular formula is C9H6Cl2N2O2. The lowest BCUT2D eigenvalue weighted by Crippen LogP contribution is -2.19. The van der Waals surface area contributed by atoms with E-state index < -0.39 is 18.0 Å². The summed E-state index contributed by atoms with van der Waals surface area (Å²) in [6.45, 7) is 0. The van der Waals surface area contributed by atoms with Crippen molar-refractivity contribution in [2.75, 3.05) is 0 Å². The smallest absolute Gasteiger partial charge is 0.270 e. The molecule has 0 aromatic heterocycles. The van der Waals surface area contributed by atoms with E-state index in [9.17, 15) is 9.59 Å². The Balaban J connectivity index is 2.39. The third-order valence-electron chi connectivity index (χ3n) is 2.12. The van der Waals surface area contributed by atoms with Crippen molar-refractivity contribution in [3.05, 3.63) is 35.9 Å². The molecule has 1 aliphatic rings. The number of benzene rings is 1. The fraction of sp³-hybridized carbons (Fsp3) is 0.111. The maximum atomic E-state index is 11.6. The van der Waals surface area contributed by atoms with Crippen LogP contribution in [-0.4, -0.2) is 20.8 Å². The molecule has 6 heteroatoms. The monoisotopic (exact) mass is 244 g/mol. The van der Waals surface area contributed by atoms with Gasteiger partial charge in [-0.1, -0.05) is 30.3 Å². The Hall–Kier alpha value is -1.26. The Labute approximate surface area is 96.2 Å². The van der Waals surface area contributed by atoms with Crippen molar-refractivity contribution in [2.45, 2.75) is 6.04 Å². The Morgan fingerprint density at radius 1 is 1.07 bits per heavy atom. The van der Waals surface area contributed by atoms with E-state index in [1.54, 1.807) is 24.3 Å². The number of amides is 3. The molecule has 4 nitrogen and oxygen atoms in total. The van der Waals surface area contributed by atoms with Crippen LogP contribution in [0, 0.1) is 0 Å². The maximum absolute atomic E-state index is 11.6. The molecule has 1 fully saturated rings. The van der Waals surface area contributed by atoms with Crippen LogP contribution in [0.15, 0.2) is 30.3 Å². The maximum Gasteiger partial charge on any atom is 0.357 e. The topological polar surface area (TPSA) is 40.6 Å². The highest BCUT2D eigenvalue weighted by Gasteiger charge is 2.45. The minimum absolute atomic E-state index is 0.491. The fourth-order valence-corrected chi connectivity index (χ4v) is 1.89. The van der Waals surface area contributed by atoms with Gasteiger partial charge < -0.3 is 0 Å². The van der Waals surface area contributed by atoms with Crippen LogP contribution in [0.2, 0.25) is 0 Å². The molecular weight excluding hydrogens is 239 g/mol. The van der Waals surface area contributed by atoms with Crippen molar-refractivity contribution >= 4 is 35.5 Å². The van der Waals surface area contributed by atoms with Crippen LogP contribution in [0.1, 0.15) is 11.6 Å². The van der Waals surface area contributed by atoms with Crippen LogP contribution >= 0.6 is 23.6 Å². The predicted octanol–water partition coefficient (Wildman–Crippen LogP) is 2.30. The Kier molecular flexibility index (Phi) is 2.54. The van der Waals surface area contributed by atoms with Gasteiger partial charge in [-0.25, -0.2) is 9.21 Å². The van der Waals surface area contributed by atoms with Gasteiger partial charge in [-0.05, 0) is 5.56 Å². The molecule has 0 radical (unpaired) electrons. The summed E-state index contributed by atoms with van der Waals surface area (Å²) >= 11 is 11.2. The molecule has 2 rings (SSSR count). The minimum Gasteiger partial charge on any atom is -0.270 e. The zero-order valence-electron chi connectivity index (χ0n) is 7.43. The highest BCUT2D eigenvalue weighted by molar-refractivity contribution is 6.38. The SMILES string of the molecule is O=C1[C@H](c2ccccc2)N(Cl)C(=O)N1Cl. The summed E-state index contributed by atoms with van der Waals surface area (Å²) in [4.78, 5) is 22.8. The normalized spacial score (nSPS) is 21.3. The molecule has 0 aliphatic carbocycles. The van der Waals surface area contributed by atoms with Crippen LogP contribution in [0.4, 0.5) is 4.79 Å². The summed E-state index contributed by atoms with van der Waals surface area (Å²) in [5.41, 5.74) is 0.633. The zero-order valence-corrected chi connectivity index (χ0v) is 8.94. The van der Waals surface area contributed by atoms with Crippen molar-refractivity contribution in [3.8, 4) is 0 Å². The lowest BCUT2D eigenvalue weighted by atomic mass is 10.1. The molecule has 1 saturated heterocycles. The highest BCUT2D eigenvalue weighted by Crippen LogP contribution is 2.33. The van der Waals surface area contributed by atoms with E-state index in [1.807, 2.05) is 6.07 Å².